The summed E-state index contributed by atoms with van der Waals surface area (Å²) in [6.07, 6.45) is 3.71. The van der Waals surface area contributed by atoms with E-state index in [0.717, 1.165) is 5.56 Å². The van der Waals surface area contributed by atoms with Gasteiger partial charge in [-0.25, -0.2) is 0 Å². The standard InChI is InChI=1S/C15H11ClN2O3/c1-20-15-4-14(12(8-19)3-13(15)16)21-9-11-2-10(5-17)6-18-7-11/h2-4,6-8H,9H2,1H3. The zero-order valence-electron chi connectivity index (χ0n) is 11.2. The third kappa shape index (κ3) is 3.50. The Morgan fingerprint density at radius 2 is 2.14 bits per heavy atom. The Bertz CT molecular complexity index is 711. The van der Waals surface area contributed by atoms with E-state index in [1.54, 1.807) is 18.3 Å². The van der Waals surface area contributed by atoms with Crippen LogP contribution in [0, 0.1) is 11.3 Å². The van der Waals surface area contributed by atoms with Crippen molar-refractivity contribution in [1.82, 2.24) is 4.98 Å². The molecule has 6 heteroatoms. The van der Waals surface area contributed by atoms with Crippen molar-refractivity contribution in [2.24, 2.45) is 0 Å². The number of carbonyl (C=O) groups excluding carboxylic acids is 1. The maximum absolute atomic E-state index is 11.1. The number of hydrogen-bond donors (Lipinski definition) is 0. The van der Waals surface area contributed by atoms with Crippen LogP contribution in [0.15, 0.2) is 30.6 Å². The molecule has 0 amide bonds. The second kappa shape index (κ2) is 6.73. The predicted molar refractivity (Wildman–Crippen MR) is 76.7 cm³/mol. The van der Waals surface area contributed by atoms with Crippen LogP contribution >= 0.6 is 11.6 Å². The molecule has 0 unspecified atom stereocenters. The Labute approximate surface area is 126 Å². The number of halogens is 1. The Balaban J connectivity index is 2.22. The van der Waals surface area contributed by atoms with E-state index in [1.165, 1.54) is 19.4 Å². The fourth-order valence-electron chi connectivity index (χ4n) is 1.71. The lowest BCUT2D eigenvalue weighted by Gasteiger charge is -2.11. The van der Waals surface area contributed by atoms with Crippen molar-refractivity contribution in [3.05, 3.63) is 52.3 Å². The van der Waals surface area contributed by atoms with Crippen molar-refractivity contribution in [3.8, 4) is 17.6 Å². The van der Waals surface area contributed by atoms with Crippen LogP contribution in [0.4, 0.5) is 0 Å². The molecule has 0 saturated carbocycles. The molecule has 0 radical (unpaired) electrons. The fraction of sp³-hybridized carbons (Fsp3) is 0.133. The van der Waals surface area contributed by atoms with Gasteiger partial charge in [-0.15, -0.1) is 0 Å². The van der Waals surface area contributed by atoms with Crippen molar-refractivity contribution in [1.29, 1.82) is 5.26 Å². The quantitative estimate of drug-likeness (QED) is 0.794. The van der Waals surface area contributed by atoms with E-state index in [-0.39, 0.29) is 6.61 Å². The van der Waals surface area contributed by atoms with Gasteiger partial charge in [0.15, 0.2) is 6.29 Å². The zero-order chi connectivity index (χ0) is 15.2. The molecule has 0 fully saturated rings. The molecule has 0 N–H and O–H groups in total. The first-order chi connectivity index (χ1) is 10.2. The number of aromatic nitrogens is 1. The number of benzene rings is 1. The van der Waals surface area contributed by atoms with Crippen molar-refractivity contribution in [2.75, 3.05) is 7.11 Å². The van der Waals surface area contributed by atoms with Gasteiger partial charge in [0.1, 0.15) is 24.2 Å². The molecule has 0 aliphatic heterocycles. The summed E-state index contributed by atoms with van der Waals surface area (Å²) in [7, 11) is 1.48. The number of ether oxygens (including phenoxy) is 2. The molecule has 1 aromatic heterocycles. The monoisotopic (exact) mass is 302 g/mol. The molecule has 0 atom stereocenters. The minimum atomic E-state index is 0.175. The lowest BCUT2D eigenvalue weighted by molar-refractivity contribution is 0.111. The molecule has 0 bridgehead atoms. The Kier molecular flexibility index (Phi) is 4.75. The SMILES string of the molecule is COc1cc(OCc2cncc(C#N)c2)c(C=O)cc1Cl. The zero-order valence-corrected chi connectivity index (χ0v) is 11.9. The largest absolute Gasteiger partial charge is 0.495 e. The van der Waals surface area contributed by atoms with E-state index in [4.69, 9.17) is 26.3 Å². The number of hydrogen-bond acceptors (Lipinski definition) is 5. The molecule has 0 spiro atoms. The van der Waals surface area contributed by atoms with Gasteiger partial charge in [-0.3, -0.25) is 9.78 Å². The number of methoxy groups -OCH3 is 1. The van der Waals surface area contributed by atoms with Crippen LogP contribution in [-0.4, -0.2) is 18.4 Å². The lowest BCUT2D eigenvalue weighted by Crippen LogP contribution is -2.00. The van der Waals surface area contributed by atoms with Crippen LogP contribution < -0.4 is 9.47 Å². The molecule has 2 rings (SSSR count). The van der Waals surface area contributed by atoms with Gasteiger partial charge in [-0.1, -0.05) is 11.6 Å². The molecular formula is C15H11ClN2O3. The fourth-order valence-corrected chi connectivity index (χ4v) is 1.96. The summed E-state index contributed by atoms with van der Waals surface area (Å²) in [6, 6.07) is 6.70. The minimum Gasteiger partial charge on any atom is -0.495 e. The van der Waals surface area contributed by atoms with Gasteiger partial charge in [-0.2, -0.15) is 5.26 Å². The van der Waals surface area contributed by atoms with Gasteiger partial charge in [0.05, 0.1) is 23.3 Å². The van der Waals surface area contributed by atoms with Crippen LogP contribution in [-0.2, 0) is 6.61 Å². The summed E-state index contributed by atoms with van der Waals surface area (Å²) < 4.78 is 10.7. The second-order valence-corrected chi connectivity index (χ2v) is 4.53. The maximum Gasteiger partial charge on any atom is 0.153 e. The third-order valence-electron chi connectivity index (χ3n) is 2.73. The lowest BCUT2D eigenvalue weighted by atomic mass is 10.2. The number of aldehydes is 1. The summed E-state index contributed by atoms with van der Waals surface area (Å²) in [5, 5.41) is 9.15. The topological polar surface area (TPSA) is 72.2 Å². The first kappa shape index (κ1) is 14.8. The highest BCUT2D eigenvalue weighted by Gasteiger charge is 2.10. The highest BCUT2D eigenvalue weighted by molar-refractivity contribution is 6.32. The normalized spacial score (nSPS) is 9.76. The average molecular weight is 303 g/mol. The van der Waals surface area contributed by atoms with Crippen LogP contribution in [0.5, 0.6) is 11.5 Å². The first-order valence-electron chi connectivity index (χ1n) is 5.97. The summed E-state index contributed by atoms with van der Waals surface area (Å²) >= 11 is 5.95. The Morgan fingerprint density at radius 1 is 1.33 bits per heavy atom. The first-order valence-corrected chi connectivity index (χ1v) is 6.35. The number of rotatable bonds is 5. The summed E-state index contributed by atoms with van der Waals surface area (Å²) in [4.78, 5) is 15.0. The van der Waals surface area contributed by atoms with Crippen LogP contribution in [0.3, 0.4) is 0 Å². The van der Waals surface area contributed by atoms with Crippen LogP contribution in [0.25, 0.3) is 0 Å². The van der Waals surface area contributed by atoms with Gasteiger partial charge in [0, 0.05) is 24.0 Å². The molecule has 1 aromatic carbocycles. The third-order valence-corrected chi connectivity index (χ3v) is 3.02. The molecule has 5 nitrogen and oxygen atoms in total. The van der Waals surface area contributed by atoms with Crippen molar-refractivity contribution < 1.29 is 14.3 Å². The predicted octanol–water partition coefficient (Wildman–Crippen LogP) is 3.01. The molecule has 21 heavy (non-hydrogen) atoms. The molecule has 1 heterocycles. The second-order valence-electron chi connectivity index (χ2n) is 4.12. The highest BCUT2D eigenvalue weighted by Crippen LogP contribution is 2.32. The van der Waals surface area contributed by atoms with Gasteiger partial charge in [-0.05, 0) is 12.1 Å². The minimum absolute atomic E-state index is 0.175. The number of nitrogens with zero attached hydrogens (tertiary/aromatic N) is 2. The number of nitriles is 1. The van der Waals surface area contributed by atoms with Crippen molar-refractivity contribution in [2.45, 2.75) is 6.61 Å². The summed E-state index contributed by atoms with van der Waals surface area (Å²) in [5.41, 5.74) is 1.49. The maximum atomic E-state index is 11.1. The van der Waals surface area contributed by atoms with Crippen LogP contribution in [0.1, 0.15) is 21.5 Å². The number of pyridine rings is 1. The van der Waals surface area contributed by atoms with Crippen molar-refractivity contribution >= 4 is 17.9 Å². The van der Waals surface area contributed by atoms with E-state index in [9.17, 15) is 4.79 Å². The average Bonchev–Trinajstić information content (AvgIpc) is 2.53. The number of carbonyl (C=O) groups is 1. The van der Waals surface area contributed by atoms with E-state index >= 15 is 0 Å². The smallest absolute Gasteiger partial charge is 0.153 e. The van der Waals surface area contributed by atoms with E-state index in [0.29, 0.717) is 33.9 Å². The highest BCUT2D eigenvalue weighted by atomic mass is 35.5. The summed E-state index contributed by atoms with van der Waals surface area (Å²) in [5.74, 6) is 0.773. The Morgan fingerprint density at radius 3 is 2.81 bits per heavy atom. The Hall–Kier alpha value is -2.58. The van der Waals surface area contributed by atoms with E-state index in [1.807, 2.05) is 6.07 Å². The van der Waals surface area contributed by atoms with E-state index < -0.39 is 0 Å². The summed E-state index contributed by atoms with van der Waals surface area (Å²) in [6.45, 7) is 0.175. The van der Waals surface area contributed by atoms with Gasteiger partial charge >= 0.3 is 0 Å². The molecular weight excluding hydrogens is 292 g/mol. The molecule has 0 saturated heterocycles. The van der Waals surface area contributed by atoms with Gasteiger partial charge in [0.2, 0.25) is 0 Å². The van der Waals surface area contributed by atoms with Gasteiger partial charge in [0.25, 0.3) is 0 Å². The van der Waals surface area contributed by atoms with Crippen LogP contribution in [0.2, 0.25) is 5.02 Å². The van der Waals surface area contributed by atoms with Gasteiger partial charge < -0.3 is 9.47 Å². The molecule has 106 valence electrons. The molecule has 0 aliphatic carbocycles. The molecule has 0 aliphatic rings. The van der Waals surface area contributed by atoms with E-state index in [2.05, 4.69) is 4.98 Å². The van der Waals surface area contributed by atoms with Crippen molar-refractivity contribution in [3.63, 3.8) is 0 Å². The molecule has 2 aromatic rings.